The van der Waals surface area contributed by atoms with E-state index >= 15 is 0 Å². The van der Waals surface area contributed by atoms with Crippen molar-refractivity contribution >= 4 is 11.9 Å². The van der Waals surface area contributed by atoms with E-state index in [-0.39, 0.29) is 30.4 Å². The number of allylic oxidation sites excluding steroid dienone is 2. The van der Waals surface area contributed by atoms with Crippen LogP contribution in [0.2, 0.25) is 0 Å². The molecular formula is C16H27NO3. The first-order valence-corrected chi connectivity index (χ1v) is 7.18. The second kappa shape index (κ2) is 11.3. The van der Waals surface area contributed by atoms with Crippen LogP contribution in [0.3, 0.4) is 0 Å². The van der Waals surface area contributed by atoms with Crippen LogP contribution in [0.5, 0.6) is 0 Å². The van der Waals surface area contributed by atoms with Crippen molar-refractivity contribution in [3.63, 3.8) is 0 Å². The van der Waals surface area contributed by atoms with Gasteiger partial charge in [0.05, 0.1) is 6.04 Å². The van der Waals surface area contributed by atoms with Crippen LogP contribution in [0.15, 0.2) is 25.3 Å². The molecule has 0 aromatic carbocycles. The molecule has 0 rings (SSSR count). The van der Waals surface area contributed by atoms with Crippen molar-refractivity contribution in [1.82, 2.24) is 5.32 Å². The number of ether oxygens (including phenoxy) is 1. The normalized spacial score (nSPS) is 11.8. The number of carbonyl (C=O) groups is 2. The first kappa shape index (κ1) is 18.4. The molecule has 0 aromatic heterocycles. The highest BCUT2D eigenvalue weighted by molar-refractivity contribution is 5.76. The summed E-state index contributed by atoms with van der Waals surface area (Å²) >= 11 is 0. The van der Waals surface area contributed by atoms with Crippen LogP contribution in [-0.2, 0) is 14.3 Å². The molecule has 0 spiro atoms. The predicted octanol–water partition coefficient (Wildman–Crippen LogP) is 2.99. The lowest BCUT2D eigenvalue weighted by molar-refractivity contribution is -0.145. The average Bonchev–Trinajstić information content (AvgIpc) is 2.41. The quantitative estimate of drug-likeness (QED) is 0.360. The highest BCUT2D eigenvalue weighted by atomic mass is 16.5. The van der Waals surface area contributed by atoms with Gasteiger partial charge in [0, 0.05) is 12.8 Å². The fourth-order valence-electron chi connectivity index (χ4n) is 1.56. The molecule has 4 heteroatoms. The fourth-order valence-corrected chi connectivity index (χ4v) is 1.56. The highest BCUT2D eigenvalue weighted by Gasteiger charge is 2.17. The molecule has 0 fully saturated rings. The van der Waals surface area contributed by atoms with Gasteiger partial charge in [0.25, 0.3) is 0 Å². The third-order valence-corrected chi connectivity index (χ3v) is 2.94. The maximum absolute atomic E-state index is 11.7. The Bertz CT molecular complexity index is 324. The van der Waals surface area contributed by atoms with E-state index in [0.717, 1.165) is 12.8 Å². The molecule has 0 aromatic rings. The molecule has 0 radical (unpaired) electrons. The smallest absolute Gasteiger partial charge is 0.305 e. The summed E-state index contributed by atoms with van der Waals surface area (Å²) < 4.78 is 5.21. The molecule has 0 aliphatic rings. The van der Waals surface area contributed by atoms with E-state index in [1.165, 1.54) is 0 Å². The summed E-state index contributed by atoms with van der Waals surface area (Å²) in [6.07, 6.45) is 6.51. The third kappa shape index (κ3) is 9.36. The monoisotopic (exact) mass is 281 g/mol. The average molecular weight is 281 g/mol. The van der Waals surface area contributed by atoms with Gasteiger partial charge in [-0.15, -0.1) is 13.2 Å². The molecule has 0 aliphatic carbocycles. The minimum Gasteiger partial charge on any atom is -0.463 e. The molecule has 0 bridgehead atoms. The molecule has 1 N–H and O–H groups in total. The van der Waals surface area contributed by atoms with Crippen LogP contribution < -0.4 is 5.32 Å². The second-order valence-electron chi connectivity index (χ2n) is 5.11. The highest BCUT2D eigenvalue weighted by Crippen LogP contribution is 2.05. The predicted molar refractivity (Wildman–Crippen MR) is 81.2 cm³/mol. The summed E-state index contributed by atoms with van der Waals surface area (Å²) in [5, 5.41) is 2.89. The zero-order chi connectivity index (χ0) is 15.4. The lowest BCUT2D eigenvalue weighted by Crippen LogP contribution is -2.42. The molecule has 0 saturated carbocycles. The first-order valence-electron chi connectivity index (χ1n) is 7.18. The summed E-state index contributed by atoms with van der Waals surface area (Å²) in [5.74, 6) is -0.0483. The molecule has 0 heterocycles. The van der Waals surface area contributed by atoms with E-state index < -0.39 is 0 Å². The number of rotatable bonds is 11. The molecule has 1 unspecified atom stereocenters. The number of hydrogen-bond donors (Lipinski definition) is 1. The lowest BCUT2D eigenvalue weighted by atomic mass is 10.1. The molecule has 0 saturated heterocycles. The van der Waals surface area contributed by atoms with Crippen molar-refractivity contribution in [1.29, 1.82) is 0 Å². The minimum absolute atomic E-state index is 0.0358. The van der Waals surface area contributed by atoms with Crippen molar-refractivity contribution in [2.45, 2.75) is 52.0 Å². The van der Waals surface area contributed by atoms with Crippen LogP contribution in [0.1, 0.15) is 46.0 Å². The zero-order valence-corrected chi connectivity index (χ0v) is 12.7. The zero-order valence-electron chi connectivity index (χ0n) is 12.7. The van der Waals surface area contributed by atoms with Gasteiger partial charge in [0.2, 0.25) is 5.91 Å². The second-order valence-corrected chi connectivity index (χ2v) is 5.11. The van der Waals surface area contributed by atoms with Crippen LogP contribution in [-0.4, -0.2) is 24.5 Å². The summed E-state index contributed by atoms with van der Waals surface area (Å²) in [6, 6.07) is -0.143. The molecule has 0 aliphatic heterocycles. The van der Waals surface area contributed by atoms with Gasteiger partial charge >= 0.3 is 5.97 Å². The van der Waals surface area contributed by atoms with Gasteiger partial charge in [-0.1, -0.05) is 26.0 Å². The number of amides is 1. The van der Waals surface area contributed by atoms with E-state index in [9.17, 15) is 9.59 Å². The SMILES string of the molecule is C=CCCCC(=O)OCC(NC(=O)CCC=C)C(C)C. The van der Waals surface area contributed by atoms with Gasteiger partial charge in [-0.2, -0.15) is 0 Å². The van der Waals surface area contributed by atoms with Crippen molar-refractivity contribution in [2.24, 2.45) is 5.92 Å². The van der Waals surface area contributed by atoms with Crippen LogP contribution >= 0.6 is 0 Å². The fraction of sp³-hybridized carbons (Fsp3) is 0.625. The summed E-state index contributed by atoms with van der Waals surface area (Å²) in [6.45, 7) is 11.4. The van der Waals surface area contributed by atoms with Gasteiger partial charge in [-0.05, 0) is 25.2 Å². The minimum atomic E-state index is -0.224. The van der Waals surface area contributed by atoms with Gasteiger partial charge in [-0.3, -0.25) is 9.59 Å². The summed E-state index contributed by atoms with van der Waals surface area (Å²) in [5.41, 5.74) is 0. The molecule has 4 nitrogen and oxygen atoms in total. The Balaban J connectivity index is 4.07. The molecule has 1 atom stereocenters. The summed E-state index contributed by atoms with van der Waals surface area (Å²) in [7, 11) is 0. The van der Waals surface area contributed by atoms with Gasteiger partial charge < -0.3 is 10.1 Å². The van der Waals surface area contributed by atoms with Gasteiger partial charge in [-0.25, -0.2) is 0 Å². The molecule has 20 heavy (non-hydrogen) atoms. The molecule has 1 amide bonds. The topological polar surface area (TPSA) is 55.4 Å². The van der Waals surface area contributed by atoms with E-state index in [2.05, 4.69) is 18.5 Å². The van der Waals surface area contributed by atoms with Crippen molar-refractivity contribution in [3.8, 4) is 0 Å². The van der Waals surface area contributed by atoms with Crippen LogP contribution in [0.4, 0.5) is 0 Å². The molecule has 114 valence electrons. The number of hydrogen-bond acceptors (Lipinski definition) is 3. The van der Waals surface area contributed by atoms with Crippen LogP contribution in [0.25, 0.3) is 0 Å². The Kier molecular flexibility index (Phi) is 10.4. The van der Waals surface area contributed by atoms with Gasteiger partial charge in [0.1, 0.15) is 6.61 Å². The maximum atomic E-state index is 11.7. The number of unbranched alkanes of at least 4 members (excludes halogenated alkanes) is 1. The van der Waals surface area contributed by atoms with E-state index in [0.29, 0.717) is 19.3 Å². The lowest BCUT2D eigenvalue weighted by Gasteiger charge is -2.22. The summed E-state index contributed by atoms with van der Waals surface area (Å²) in [4.78, 5) is 23.2. The Morgan fingerprint density at radius 3 is 2.35 bits per heavy atom. The van der Waals surface area contributed by atoms with Crippen molar-refractivity contribution in [3.05, 3.63) is 25.3 Å². The molecular weight excluding hydrogens is 254 g/mol. The van der Waals surface area contributed by atoms with Gasteiger partial charge in [0.15, 0.2) is 0 Å². The van der Waals surface area contributed by atoms with Crippen molar-refractivity contribution < 1.29 is 14.3 Å². The Morgan fingerprint density at radius 1 is 1.15 bits per heavy atom. The number of esters is 1. The standard InChI is InChI=1S/C16H27NO3/c1-5-7-9-11-16(19)20-12-14(13(3)4)17-15(18)10-8-6-2/h5-6,13-14H,1-2,7-12H2,3-4H3,(H,17,18). The Labute approximate surface area is 122 Å². The largest absolute Gasteiger partial charge is 0.463 e. The Morgan fingerprint density at radius 2 is 1.80 bits per heavy atom. The van der Waals surface area contributed by atoms with E-state index in [4.69, 9.17) is 4.74 Å². The number of carbonyl (C=O) groups excluding carboxylic acids is 2. The Hall–Kier alpha value is -1.58. The third-order valence-electron chi connectivity index (χ3n) is 2.94. The van der Waals surface area contributed by atoms with Crippen molar-refractivity contribution in [2.75, 3.05) is 6.61 Å². The van der Waals surface area contributed by atoms with Crippen LogP contribution in [0, 0.1) is 5.92 Å². The maximum Gasteiger partial charge on any atom is 0.305 e. The van der Waals surface area contributed by atoms with E-state index in [1.54, 1.807) is 12.2 Å². The number of nitrogens with one attached hydrogen (secondary N) is 1. The van der Waals surface area contributed by atoms with E-state index in [1.807, 2.05) is 13.8 Å². The first-order chi connectivity index (χ1) is 9.51.